The van der Waals surface area contributed by atoms with Crippen LogP contribution >= 0.6 is 0 Å². The van der Waals surface area contributed by atoms with E-state index in [1.165, 1.54) is 4.90 Å². The molecule has 8 heteroatoms. The summed E-state index contributed by atoms with van der Waals surface area (Å²) >= 11 is 0. The lowest BCUT2D eigenvalue weighted by Crippen LogP contribution is -2.46. The molecular weight excluding hydrogens is 300 g/mol. The van der Waals surface area contributed by atoms with Gasteiger partial charge in [0, 0.05) is 20.0 Å². The average Bonchev–Trinajstić information content (AvgIpc) is 2.76. The molecule has 0 radical (unpaired) electrons. The van der Waals surface area contributed by atoms with Crippen molar-refractivity contribution >= 4 is 11.9 Å². The molecule has 1 aromatic heterocycles. The number of aliphatic carboxylic acids is 1. The van der Waals surface area contributed by atoms with Crippen LogP contribution in [0.2, 0.25) is 0 Å². The largest absolute Gasteiger partial charge is 0.480 e. The van der Waals surface area contributed by atoms with Crippen molar-refractivity contribution in [3.8, 4) is 0 Å². The van der Waals surface area contributed by atoms with Crippen molar-refractivity contribution in [1.29, 1.82) is 0 Å². The number of hydrogen-bond acceptors (Lipinski definition) is 5. The maximum atomic E-state index is 12.7. The van der Waals surface area contributed by atoms with Crippen LogP contribution in [0.4, 0.5) is 0 Å². The molecule has 0 fully saturated rings. The second-order valence-electron chi connectivity index (χ2n) is 5.80. The molecule has 1 aliphatic heterocycles. The first kappa shape index (κ1) is 17.4. The van der Waals surface area contributed by atoms with Crippen molar-refractivity contribution in [3.63, 3.8) is 0 Å². The summed E-state index contributed by atoms with van der Waals surface area (Å²) in [6.07, 6.45) is 1.20. The molecule has 2 rings (SSSR count). The zero-order valence-electron chi connectivity index (χ0n) is 13.9. The predicted octanol–water partition coefficient (Wildman–Crippen LogP) is 0.700. The highest BCUT2D eigenvalue weighted by molar-refractivity contribution is 6.01. The molecule has 0 aliphatic carbocycles. The number of amides is 1. The Bertz CT molecular complexity index is 580. The van der Waals surface area contributed by atoms with Gasteiger partial charge < -0.3 is 19.3 Å². The van der Waals surface area contributed by atoms with Crippen LogP contribution in [0.15, 0.2) is 0 Å². The molecule has 0 bridgehead atoms. The van der Waals surface area contributed by atoms with Gasteiger partial charge in [-0.3, -0.25) is 9.59 Å². The summed E-state index contributed by atoms with van der Waals surface area (Å²) in [5.41, 5.74) is -1.38. The van der Waals surface area contributed by atoms with E-state index >= 15 is 0 Å². The van der Waals surface area contributed by atoms with Crippen molar-refractivity contribution in [1.82, 2.24) is 19.7 Å². The molecule has 0 unspecified atom stereocenters. The second-order valence-corrected chi connectivity index (χ2v) is 5.80. The summed E-state index contributed by atoms with van der Waals surface area (Å²) in [5.74, 6) is 0.0340. The van der Waals surface area contributed by atoms with Gasteiger partial charge in [0.05, 0.1) is 19.8 Å². The maximum Gasteiger partial charge on any atom is 0.319 e. The van der Waals surface area contributed by atoms with Crippen LogP contribution in [0.5, 0.6) is 0 Å². The third-order valence-corrected chi connectivity index (χ3v) is 4.58. The second kappa shape index (κ2) is 7.08. The molecule has 0 spiro atoms. The number of carbonyl (C=O) groups excluding carboxylic acids is 1. The Labute approximate surface area is 135 Å². The smallest absolute Gasteiger partial charge is 0.319 e. The highest BCUT2D eigenvalue weighted by Crippen LogP contribution is 2.29. The Morgan fingerprint density at radius 3 is 2.61 bits per heavy atom. The number of rotatable bonds is 6. The number of fused-ring (bicyclic) bond motifs is 1. The highest BCUT2D eigenvalue weighted by Gasteiger charge is 2.44. The first-order valence-corrected chi connectivity index (χ1v) is 7.94. The van der Waals surface area contributed by atoms with E-state index in [2.05, 4.69) is 10.2 Å². The van der Waals surface area contributed by atoms with E-state index in [0.717, 1.165) is 5.82 Å². The van der Waals surface area contributed by atoms with Crippen LogP contribution in [0, 0.1) is 5.41 Å². The number of carboxylic acid groups (broad SMARTS) is 1. The molecule has 0 atom stereocenters. The average molecular weight is 324 g/mol. The van der Waals surface area contributed by atoms with E-state index in [1.807, 2.05) is 4.57 Å². The lowest BCUT2D eigenvalue weighted by molar-refractivity contribution is -0.161. The van der Waals surface area contributed by atoms with Gasteiger partial charge in [-0.05, 0) is 12.8 Å². The van der Waals surface area contributed by atoms with Gasteiger partial charge in [0.15, 0.2) is 5.82 Å². The van der Waals surface area contributed by atoms with E-state index in [4.69, 9.17) is 4.74 Å². The summed E-state index contributed by atoms with van der Waals surface area (Å²) in [4.78, 5) is 25.7. The fourth-order valence-corrected chi connectivity index (χ4v) is 2.95. The number of nitrogens with zero attached hydrogens (tertiary/aromatic N) is 4. The van der Waals surface area contributed by atoms with Crippen molar-refractivity contribution in [2.45, 2.75) is 46.2 Å². The highest BCUT2D eigenvalue weighted by atomic mass is 16.5. The lowest BCUT2D eigenvalue weighted by atomic mass is 9.81. The summed E-state index contributed by atoms with van der Waals surface area (Å²) in [5, 5.41) is 17.8. The number of hydrogen-bond donors (Lipinski definition) is 1. The van der Waals surface area contributed by atoms with Crippen molar-refractivity contribution < 1.29 is 19.4 Å². The van der Waals surface area contributed by atoms with E-state index < -0.39 is 17.3 Å². The molecule has 1 amide bonds. The molecular formula is C15H24N4O4. The van der Waals surface area contributed by atoms with Crippen LogP contribution in [0.3, 0.4) is 0 Å². The minimum Gasteiger partial charge on any atom is -0.480 e. The monoisotopic (exact) mass is 324 g/mol. The summed E-state index contributed by atoms with van der Waals surface area (Å²) < 4.78 is 7.37. The molecule has 128 valence electrons. The molecule has 0 saturated heterocycles. The third kappa shape index (κ3) is 3.21. The minimum absolute atomic E-state index is 0.237. The van der Waals surface area contributed by atoms with Gasteiger partial charge in [-0.25, -0.2) is 0 Å². The Morgan fingerprint density at radius 1 is 1.30 bits per heavy atom. The van der Waals surface area contributed by atoms with E-state index in [9.17, 15) is 14.7 Å². The Kier molecular flexibility index (Phi) is 5.35. The quantitative estimate of drug-likeness (QED) is 0.774. The topological polar surface area (TPSA) is 97.5 Å². The van der Waals surface area contributed by atoms with Crippen LogP contribution in [-0.4, -0.2) is 56.9 Å². The molecule has 1 aliphatic rings. The molecule has 0 saturated carbocycles. The molecule has 8 nitrogen and oxygen atoms in total. The van der Waals surface area contributed by atoms with Crippen molar-refractivity contribution in [2.24, 2.45) is 5.41 Å². The van der Waals surface area contributed by atoms with Gasteiger partial charge in [0.25, 0.3) is 0 Å². The molecule has 1 aromatic rings. The number of carbonyl (C=O) groups is 2. The summed E-state index contributed by atoms with van der Waals surface area (Å²) in [7, 11) is 1.61. The molecule has 0 aromatic carbocycles. The fourth-order valence-electron chi connectivity index (χ4n) is 2.95. The van der Waals surface area contributed by atoms with Gasteiger partial charge in [0.1, 0.15) is 11.2 Å². The standard InChI is InChI=1S/C15H24N4O4/c1-4-15(5-2,14(21)22)13(20)18(3)10-12-17-16-11-6-8-23-9-7-19(11)12/h4-10H2,1-3H3,(H,21,22). The SMILES string of the molecule is CCC(CC)(C(=O)O)C(=O)N(C)Cc1nnc2n1CCOCC2. The fraction of sp³-hybridized carbons (Fsp3) is 0.733. The van der Waals surface area contributed by atoms with E-state index in [-0.39, 0.29) is 19.4 Å². The number of ether oxygens (including phenoxy) is 1. The van der Waals surface area contributed by atoms with Crippen LogP contribution in [0.1, 0.15) is 38.3 Å². The minimum atomic E-state index is -1.38. The Hall–Kier alpha value is -1.96. The summed E-state index contributed by atoms with van der Waals surface area (Å²) in [6.45, 7) is 5.53. The maximum absolute atomic E-state index is 12.7. The number of carboxylic acids is 1. The summed E-state index contributed by atoms with van der Waals surface area (Å²) in [6, 6.07) is 0. The molecule has 2 heterocycles. The van der Waals surface area contributed by atoms with Gasteiger partial charge in [-0.2, -0.15) is 0 Å². The Morgan fingerprint density at radius 2 is 2.00 bits per heavy atom. The predicted molar refractivity (Wildman–Crippen MR) is 81.7 cm³/mol. The Balaban J connectivity index is 2.18. The molecule has 1 N–H and O–H groups in total. The van der Waals surface area contributed by atoms with Gasteiger partial charge in [-0.1, -0.05) is 13.8 Å². The van der Waals surface area contributed by atoms with Gasteiger partial charge in [0.2, 0.25) is 5.91 Å². The normalized spacial score (nSPS) is 14.9. The van der Waals surface area contributed by atoms with Crippen molar-refractivity contribution in [2.75, 3.05) is 20.3 Å². The van der Waals surface area contributed by atoms with Crippen LogP contribution < -0.4 is 0 Å². The van der Waals surface area contributed by atoms with Gasteiger partial charge >= 0.3 is 5.97 Å². The third-order valence-electron chi connectivity index (χ3n) is 4.58. The first-order chi connectivity index (χ1) is 11.0. The van der Waals surface area contributed by atoms with E-state index in [0.29, 0.717) is 32.0 Å². The van der Waals surface area contributed by atoms with Crippen LogP contribution in [0.25, 0.3) is 0 Å². The molecule has 23 heavy (non-hydrogen) atoms. The zero-order chi connectivity index (χ0) is 17.0. The number of aromatic nitrogens is 3. The lowest BCUT2D eigenvalue weighted by Gasteiger charge is -2.30. The van der Waals surface area contributed by atoms with Crippen LogP contribution in [-0.2, 0) is 33.8 Å². The zero-order valence-corrected chi connectivity index (χ0v) is 13.9. The first-order valence-electron chi connectivity index (χ1n) is 7.94. The van der Waals surface area contributed by atoms with Gasteiger partial charge in [-0.15, -0.1) is 10.2 Å². The van der Waals surface area contributed by atoms with E-state index in [1.54, 1.807) is 20.9 Å². The van der Waals surface area contributed by atoms with Crippen molar-refractivity contribution in [3.05, 3.63) is 11.6 Å².